The van der Waals surface area contributed by atoms with Crippen LogP contribution in [-0.2, 0) is 16.0 Å². The highest BCUT2D eigenvalue weighted by molar-refractivity contribution is 7.92. The summed E-state index contributed by atoms with van der Waals surface area (Å²) >= 11 is 10.6. The van der Waals surface area contributed by atoms with Crippen molar-refractivity contribution < 1.29 is 19.2 Å². The molecular formula is C22H24Cl2N2O4S. The van der Waals surface area contributed by atoms with Crippen molar-refractivity contribution in [2.45, 2.75) is 43.0 Å². The number of carbonyl (C=O) groups excluding carboxylic acids is 1. The minimum absolute atomic E-state index is 0.0647. The lowest BCUT2D eigenvalue weighted by Gasteiger charge is -2.46. The number of halogens is 2. The fraction of sp³-hybridized carbons (Fsp3) is 0.364. The average molecular weight is 483 g/mol. The maximum atomic E-state index is 13.2. The summed E-state index contributed by atoms with van der Waals surface area (Å²) < 4.78 is 12.4. The highest BCUT2D eigenvalue weighted by Gasteiger charge is 2.35. The zero-order valence-corrected chi connectivity index (χ0v) is 19.7. The van der Waals surface area contributed by atoms with Crippen LogP contribution in [0.5, 0.6) is 0 Å². The van der Waals surface area contributed by atoms with E-state index < -0.39 is 22.4 Å². The second kappa shape index (κ2) is 9.69. The molecule has 4 atom stereocenters. The maximum absolute atomic E-state index is 13.2. The predicted molar refractivity (Wildman–Crippen MR) is 124 cm³/mol. The second-order valence-electron chi connectivity index (χ2n) is 7.58. The summed E-state index contributed by atoms with van der Waals surface area (Å²) in [7, 11) is 0. The summed E-state index contributed by atoms with van der Waals surface area (Å²) in [6.45, 7) is 6.61. The van der Waals surface area contributed by atoms with Crippen molar-refractivity contribution in [2.75, 3.05) is 18.0 Å². The van der Waals surface area contributed by atoms with Gasteiger partial charge in [0.25, 0.3) is 5.91 Å². The number of carbonyl (C=O) groups is 2. The maximum Gasteiger partial charge on any atom is 0.357 e. The van der Waals surface area contributed by atoms with Gasteiger partial charge in [0.05, 0.1) is 5.02 Å². The number of amides is 1. The van der Waals surface area contributed by atoms with Crippen molar-refractivity contribution in [1.82, 2.24) is 4.90 Å². The number of hydrogen-bond acceptors (Lipinski definition) is 4. The first-order valence-electron chi connectivity index (χ1n) is 9.88. The number of carboxylic acid groups (broad SMARTS) is 1. The third-order valence-corrected chi connectivity index (χ3v) is 8.02. The van der Waals surface area contributed by atoms with E-state index >= 15 is 0 Å². The van der Waals surface area contributed by atoms with Gasteiger partial charge in [-0.25, -0.2) is 4.79 Å². The third kappa shape index (κ3) is 4.95. The molecule has 1 fully saturated rings. The number of nitrogens with zero attached hydrogens (tertiary/aromatic N) is 2. The van der Waals surface area contributed by atoms with Crippen LogP contribution in [0.2, 0.25) is 10.0 Å². The number of rotatable bonds is 5. The molecule has 1 amide bonds. The summed E-state index contributed by atoms with van der Waals surface area (Å²) in [5.41, 5.74) is 1.39. The number of aliphatic carboxylic acids is 1. The van der Waals surface area contributed by atoms with Gasteiger partial charge in [-0.15, -0.1) is 0 Å². The Bertz CT molecular complexity index is 990. The number of piperazine rings is 1. The van der Waals surface area contributed by atoms with Crippen LogP contribution in [-0.4, -0.2) is 56.9 Å². The first-order chi connectivity index (χ1) is 14.6. The summed E-state index contributed by atoms with van der Waals surface area (Å²) in [5, 5.41) is 8.77. The first-order valence-corrected chi connectivity index (χ1v) is 11.8. The molecule has 0 spiro atoms. The molecule has 1 saturated heterocycles. The largest absolute Gasteiger partial charge is 0.611 e. The third-order valence-electron chi connectivity index (χ3n) is 5.73. The quantitative estimate of drug-likeness (QED) is 0.641. The van der Waals surface area contributed by atoms with Crippen LogP contribution < -0.4 is 4.90 Å². The van der Waals surface area contributed by atoms with Gasteiger partial charge in [-0.1, -0.05) is 29.3 Å². The van der Waals surface area contributed by atoms with Crippen LogP contribution in [0, 0.1) is 0 Å². The standard InChI is InChI=1S/C22H24Cl2N2O4S/c1-13-14(2)26(10-9-25(13)18-6-4-5-17(23)12-18)21(27)16-7-8-20(19(24)11-16)31(30)15(3)22(28)29/h4-8,11-15H,9-10H2,1-3H3,(H,28,29). The Kier molecular flexibility index (Phi) is 7.42. The molecule has 1 N–H and O–H groups in total. The highest BCUT2D eigenvalue weighted by atomic mass is 35.5. The highest BCUT2D eigenvalue weighted by Crippen LogP contribution is 2.30. The molecule has 2 aromatic carbocycles. The van der Waals surface area contributed by atoms with E-state index in [9.17, 15) is 14.1 Å². The van der Waals surface area contributed by atoms with E-state index in [2.05, 4.69) is 11.8 Å². The van der Waals surface area contributed by atoms with E-state index in [1.807, 2.05) is 31.2 Å². The molecule has 6 nitrogen and oxygen atoms in total. The van der Waals surface area contributed by atoms with Crippen molar-refractivity contribution >= 4 is 51.9 Å². The summed E-state index contributed by atoms with van der Waals surface area (Å²) in [5.74, 6) is -1.34. The molecule has 0 saturated carbocycles. The molecule has 9 heteroatoms. The fourth-order valence-electron chi connectivity index (χ4n) is 3.69. The van der Waals surface area contributed by atoms with Crippen molar-refractivity contribution in [1.29, 1.82) is 0 Å². The van der Waals surface area contributed by atoms with Gasteiger partial charge < -0.3 is 19.5 Å². The lowest BCUT2D eigenvalue weighted by Crippen LogP contribution is -2.59. The minimum Gasteiger partial charge on any atom is -0.611 e. The van der Waals surface area contributed by atoms with Crippen LogP contribution in [0.1, 0.15) is 31.1 Å². The zero-order chi connectivity index (χ0) is 22.9. The van der Waals surface area contributed by atoms with Crippen LogP contribution in [0.4, 0.5) is 5.69 Å². The second-order valence-corrected chi connectivity index (χ2v) is 10.2. The van der Waals surface area contributed by atoms with Crippen molar-refractivity contribution in [2.24, 2.45) is 0 Å². The number of carboxylic acids is 1. The number of anilines is 1. The number of hydrogen-bond donors (Lipinski definition) is 1. The Morgan fingerprint density at radius 2 is 1.84 bits per heavy atom. The van der Waals surface area contributed by atoms with E-state index in [1.165, 1.54) is 19.1 Å². The van der Waals surface area contributed by atoms with E-state index in [-0.39, 0.29) is 27.9 Å². The minimum atomic E-state index is -1.81. The molecule has 1 heterocycles. The number of benzene rings is 2. The Morgan fingerprint density at radius 3 is 2.45 bits per heavy atom. The first kappa shape index (κ1) is 23.7. The molecule has 0 aliphatic carbocycles. The molecule has 0 radical (unpaired) electrons. The molecule has 4 unspecified atom stereocenters. The Balaban J connectivity index is 1.77. The van der Waals surface area contributed by atoms with Crippen LogP contribution >= 0.6 is 23.2 Å². The predicted octanol–water partition coefficient (Wildman–Crippen LogP) is 4.31. The van der Waals surface area contributed by atoms with E-state index in [1.54, 1.807) is 11.0 Å². The van der Waals surface area contributed by atoms with E-state index in [0.29, 0.717) is 23.7 Å². The molecular weight excluding hydrogens is 459 g/mol. The van der Waals surface area contributed by atoms with Gasteiger partial charge in [0.2, 0.25) is 5.25 Å². The molecule has 0 aromatic heterocycles. The van der Waals surface area contributed by atoms with Crippen molar-refractivity contribution in [3.63, 3.8) is 0 Å². The molecule has 2 aromatic rings. The van der Waals surface area contributed by atoms with Crippen molar-refractivity contribution in [3.8, 4) is 0 Å². The average Bonchev–Trinajstić information content (AvgIpc) is 2.74. The zero-order valence-electron chi connectivity index (χ0n) is 17.4. The van der Waals surface area contributed by atoms with Crippen molar-refractivity contribution in [3.05, 3.63) is 58.1 Å². The Morgan fingerprint density at radius 1 is 1.13 bits per heavy atom. The summed E-state index contributed by atoms with van der Waals surface area (Å²) in [4.78, 5) is 28.5. The van der Waals surface area contributed by atoms with E-state index in [4.69, 9.17) is 28.3 Å². The molecule has 31 heavy (non-hydrogen) atoms. The SMILES string of the molecule is CC1C(C)N(c2cccc(Cl)c2)CCN1C(=O)c1ccc([S+]([O-])C(C)C(=O)O)c(Cl)c1. The van der Waals surface area contributed by atoms with E-state index in [0.717, 1.165) is 5.69 Å². The monoisotopic (exact) mass is 482 g/mol. The smallest absolute Gasteiger partial charge is 0.357 e. The van der Waals surface area contributed by atoms with Gasteiger partial charge in [0, 0.05) is 52.6 Å². The van der Waals surface area contributed by atoms with Gasteiger partial charge in [-0.05, 0) is 57.2 Å². The van der Waals surface area contributed by atoms with Crippen LogP contribution in [0.3, 0.4) is 0 Å². The van der Waals surface area contributed by atoms with Gasteiger partial charge in [-0.3, -0.25) is 4.79 Å². The molecule has 1 aliphatic rings. The topological polar surface area (TPSA) is 83.9 Å². The van der Waals surface area contributed by atoms with Gasteiger partial charge in [0.1, 0.15) is 0 Å². The van der Waals surface area contributed by atoms with Gasteiger partial charge >= 0.3 is 5.97 Å². The molecule has 0 bridgehead atoms. The van der Waals surface area contributed by atoms with Gasteiger partial charge in [0.15, 0.2) is 4.90 Å². The molecule has 3 rings (SSSR count). The molecule has 166 valence electrons. The van der Waals surface area contributed by atoms with Crippen LogP contribution in [0.15, 0.2) is 47.4 Å². The lowest BCUT2D eigenvalue weighted by molar-refractivity contribution is -0.136. The normalized spacial score (nSPS) is 21.0. The summed E-state index contributed by atoms with van der Waals surface area (Å²) in [6.07, 6.45) is 0. The summed E-state index contributed by atoms with van der Waals surface area (Å²) in [6, 6.07) is 12.1. The molecule has 1 aliphatic heterocycles. The van der Waals surface area contributed by atoms with Crippen LogP contribution in [0.25, 0.3) is 0 Å². The lowest BCUT2D eigenvalue weighted by atomic mass is 10.0. The Labute approximate surface area is 194 Å². The fourth-order valence-corrected chi connectivity index (χ4v) is 5.30. The van der Waals surface area contributed by atoms with Gasteiger partial charge in [-0.2, -0.15) is 0 Å². The Hall–Kier alpha value is -1.93.